The van der Waals surface area contributed by atoms with Crippen LogP contribution in [0, 0.1) is 5.92 Å². The van der Waals surface area contributed by atoms with E-state index in [0.29, 0.717) is 45.4 Å². The van der Waals surface area contributed by atoms with Gasteiger partial charge in [-0.25, -0.2) is 9.40 Å². The molecule has 28 heavy (non-hydrogen) atoms. The summed E-state index contributed by atoms with van der Waals surface area (Å²) in [5, 5.41) is 1.83. The minimum Gasteiger partial charge on any atom is -0.492 e. The minimum atomic E-state index is -0.952. The first-order valence-electron chi connectivity index (χ1n) is 10.1. The van der Waals surface area contributed by atoms with Crippen LogP contribution in [-0.2, 0) is 11.3 Å². The second-order valence-electron chi connectivity index (χ2n) is 8.25. The van der Waals surface area contributed by atoms with Gasteiger partial charge < -0.3 is 25.0 Å². The molecule has 0 unspecified atom stereocenters. The predicted molar refractivity (Wildman–Crippen MR) is 108 cm³/mol. The first-order valence-corrected chi connectivity index (χ1v) is 10.1. The van der Waals surface area contributed by atoms with Gasteiger partial charge in [-0.15, -0.1) is 0 Å². The quantitative estimate of drug-likeness (QED) is 0.679. The lowest BCUT2D eigenvalue weighted by atomic mass is 9.96. The van der Waals surface area contributed by atoms with E-state index in [0.717, 1.165) is 22.7 Å². The lowest BCUT2D eigenvalue weighted by Gasteiger charge is -2.38. The monoisotopic (exact) mass is 393 g/mol. The number of hydrogen-bond donors (Lipinski definition) is 2. The zero-order chi connectivity index (χ0) is 19.8. The number of hydrogen-bond acceptors (Lipinski definition) is 7. The molecule has 2 heterocycles. The molecular formula is C20H32FN5O2. The number of fused-ring (bicyclic) bond motifs is 1. The van der Waals surface area contributed by atoms with Crippen molar-refractivity contribution in [3.05, 3.63) is 17.7 Å². The zero-order valence-corrected chi connectivity index (χ0v) is 16.8. The van der Waals surface area contributed by atoms with Crippen LogP contribution in [0.1, 0.15) is 24.8 Å². The fourth-order valence-electron chi connectivity index (χ4n) is 4.57. The molecule has 0 spiro atoms. The van der Waals surface area contributed by atoms with Crippen LogP contribution < -0.4 is 26.1 Å². The SMILES string of the molecule is COCC[C@@H](N)[C@H]1CN(c2ccc3c(c2OC)N(C2CC2)CN(N)C3)C[C@@H]1F. The fourth-order valence-corrected chi connectivity index (χ4v) is 4.57. The van der Waals surface area contributed by atoms with E-state index in [1.54, 1.807) is 14.2 Å². The highest BCUT2D eigenvalue weighted by Gasteiger charge is 2.40. The van der Waals surface area contributed by atoms with E-state index in [4.69, 9.17) is 21.1 Å². The molecule has 3 aliphatic rings. The summed E-state index contributed by atoms with van der Waals surface area (Å²) in [7, 11) is 3.34. The highest BCUT2D eigenvalue weighted by molar-refractivity contribution is 5.77. The van der Waals surface area contributed by atoms with Crippen molar-refractivity contribution in [1.29, 1.82) is 0 Å². The lowest BCUT2D eigenvalue weighted by Crippen LogP contribution is -2.47. The van der Waals surface area contributed by atoms with Gasteiger partial charge in [0.25, 0.3) is 0 Å². The average molecular weight is 394 g/mol. The highest BCUT2D eigenvalue weighted by Crippen LogP contribution is 2.47. The van der Waals surface area contributed by atoms with Crippen LogP contribution in [0.15, 0.2) is 12.1 Å². The molecule has 7 nitrogen and oxygen atoms in total. The van der Waals surface area contributed by atoms with Crippen LogP contribution >= 0.6 is 0 Å². The summed E-state index contributed by atoms with van der Waals surface area (Å²) >= 11 is 0. The van der Waals surface area contributed by atoms with Crippen molar-refractivity contribution in [2.75, 3.05) is 50.4 Å². The van der Waals surface area contributed by atoms with Crippen molar-refractivity contribution < 1.29 is 13.9 Å². The summed E-state index contributed by atoms with van der Waals surface area (Å²) in [6.07, 6.45) is 2.06. The fraction of sp³-hybridized carbons (Fsp3) is 0.700. The zero-order valence-electron chi connectivity index (χ0n) is 16.8. The Labute approximate surface area is 166 Å². The van der Waals surface area contributed by atoms with Gasteiger partial charge in [-0.05, 0) is 30.9 Å². The average Bonchev–Trinajstić information content (AvgIpc) is 3.46. The molecule has 2 aliphatic heterocycles. The molecule has 1 saturated heterocycles. The van der Waals surface area contributed by atoms with Crippen molar-refractivity contribution in [3.8, 4) is 5.75 Å². The molecule has 156 valence electrons. The molecule has 0 radical (unpaired) electrons. The standard InChI is InChI=1S/C20H32FN5O2/c1-27-8-7-17(22)15-10-24(11-16(15)21)18-6-3-13-9-25(23)12-26(14-4-5-14)19(13)20(18)28-2/h3,6,14-17H,4-5,7-12,22-23H2,1-2H3/t15-,16-,17+/m0/s1. The number of hydrazine groups is 1. The lowest BCUT2D eigenvalue weighted by molar-refractivity contribution is 0.166. The second-order valence-corrected chi connectivity index (χ2v) is 8.25. The van der Waals surface area contributed by atoms with Gasteiger partial charge in [0, 0.05) is 51.4 Å². The molecular weight excluding hydrogens is 361 g/mol. The Balaban J connectivity index is 1.61. The van der Waals surface area contributed by atoms with E-state index < -0.39 is 6.17 Å². The van der Waals surface area contributed by atoms with Crippen LogP contribution in [0.5, 0.6) is 5.75 Å². The Morgan fingerprint density at radius 3 is 2.71 bits per heavy atom. The molecule has 1 aromatic carbocycles. The van der Waals surface area contributed by atoms with Gasteiger partial charge in [0.2, 0.25) is 0 Å². The Hall–Kier alpha value is -1.61. The van der Waals surface area contributed by atoms with E-state index in [9.17, 15) is 4.39 Å². The molecule has 3 atom stereocenters. The molecule has 0 amide bonds. The Bertz CT molecular complexity index is 701. The Morgan fingerprint density at radius 2 is 2.04 bits per heavy atom. The largest absolute Gasteiger partial charge is 0.492 e. The molecule has 2 fully saturated rings. The maximum Gasteiger partial charge on any atom is 0.165 e. The smallest absolute Gasteiger partial charge is 0.165 e. The molecule has 1 aromatic rings. The maximum atomic E-state index is 14.8. The number of anilines is 2. The number of methoxy groups -OCH3 is 2. The molecule has 8 heteroatoms. The maximum absolute atomic E-state index is 14.8. The van der Waals surface area contributed by atoms with Crippen molar-refractivity contribution in [2.45, 2.75) is 44.1 Å². The van der Waals surface area contributed by atoms with Gasteiger partial charge in [0.1, 0.15) is 6.17 Å². The minimum absolute atomic E-state index is 0.199. The summed E-state index contributed by atoms with van der Waals surface area (Å²) in [6.45, 7) is 2.86. The summed E-state index contributed by atoms with van der Waals surface area (Å²) in [5.74, 6) is 6.76. The third-order valence-electron chi connectivity index (χ3n) is 6.22. The van der Waals surface area contributed by atoms with Gasteiger partial charge in [-0.3, -0.25) is 5.84 Å². The van der Waals surface area contributed by atoms with Gasteiger partial charge in [-0.2, -0.15) is 0 Å². The Morgan fingerprint density at radius 1 is 1.25 bits per heavy atom. The highest BCUT2D eigenvalue weighted by atomic mass is 19.1. The molecule has 1 aliphatic carbocycles. The van der Waals surface area contributed by atoms with Crippen molar-refractivity contribution in [2.24, 2.45) is 17.5 Å². The topological polar surface area (TPSA) is 80.2 Å². The predicted octanol–water partition coefficient (Wildman–Crippen LogP) is 1.45. The number of rotatable bonds is 7. The number of ether oxygens (including phenoxy) is 2. The van der Waals surface area contributed by atoms with Gasteiger partial charge in [-0.1, -0.05) is 6.07 Å². The van der Waals surface area contributed by atoms with Gasteiger partial charge in [0.15, 0.2) is 5.75 Å². The third-order valence-corrected chi connectivity index (χ3v) is 6.22. The molecule has 0 bridgehead atoms. The Kier molecular flexibility index (Phi) is 5.64. The van der Waals surface area contributed by atoms with Crippen molar-refractivity contribution >= 4 is 11.4 Å². The summed E-state index contributed by atoms with van der Waals surface area (Å²) < 4.78 is 25.8. The molecule has 4 rings (SSSR count). The van der Waals surface area contributed by atoms with E-state index in [1.165, 1.54) is 12.8 Å². The van der Waals surface area contributed by atoms with Crippen LogP contribution in [0.2, 0.25) is 0 Å². The first-order chi connectivity index (χ1) is 13.5. The number of nitrogens with two attached hydrogens (primary N) is 2. The third kappa shape index (κ3) is 3.66. The van der Waals surface area contributed by atoms with Gasteiger partial charge in [0.05, 0.1) is 25.2 Å². The molecule has 4 N–H and O–H groups in total. The van der Waals surface area contributed by atoms with Gasteiger partial charge >= 0.3 is 0 Å². The number of halogens is 1. The molecule has 1 saturated carbocycles. The van der Waals surface area contributed by atoms with E-state index in [2.05, 4.69) is 15.9 Å². The number of nitrogens with zero attached hydrogens (tertiary/aromatic N) is 3. The first kappa shape index (κ1) is 19.7. The van der Waals surface area contributed by atoms with E-state index >= 15 is 0 Å². The van der Waals surface area contributed by atoms with Crippen LogP contribution in [0.4, 0.5) is 15.8 Å². The summed E-state index contributed by atoms with van der Waals surface area (Å²) in [4.78, 5) is 4.42. The number of benzene rings is 1. The summed E-state index contributed by atoms with van der Waals surface area (Å²) in [5.41, 5.74) is 9.48. The van der Waals surface area contributed by atoms with E-state index in [1.807, 2.05) is 11.1 Å². The van der Waals surface area contributed by atoms with Crippen LogP contribution in [-0.4, -0.2) is 63.8 Å². The van der Waals surface area contributed by atoms with Crippen LogP contribution in [0.3, 0.4) is 0 Å². The summed E-state index contributed by atoms with van der Waals surface area (Å²) in [6, 6.07) is 4.44. The number of alkyl halides is 1. The second kappa shape index (κ2) is 8.02. The van der Waals surface area contributed by atoms with E-state index in [-0.39, 0.29) is 12.0 Å². The van der Waals surface area contributed by atoms with Crippen molar-refractivity contribution in [1.82, 2.24) is 5.01 Å². The molecule has 0 aromatic heterocycles. The normalized spacial score (nSPS) is 26.5. The van der Waals surface area contributed by atoms with Crippen LogP contribution in [0.25, 0.3) is 0 Å². The van der Waals surface area contributed by atoms with Crippen molar-refractivity contribution in [3.63, 3.8) is 0 Å².